The zero-order valence-electron chi connectivity index (χ0n) is 13.0. The van der Waals surface area contributed by atoms with Gasteiger partial charge >= 0.3 is 6.18 Å². The molecule has 0 amide bonds. The van der Waals surface area contributed by atoms with Crippen LogP contribution in [-0.2, 0) is 10.9 Å². The van der Waals surface area contributed by atoms with Gasteiger partial charge in [-0.2, -0.15) is 13.2 Å². The van der Waals surface area contributed by atoms with E-state index in [0.717, 1.165) is 37.7 Å². The fraction of sp³-hybridized carbons (Fsp3) is 0.625. The summed E-state index contributed by atoms with van der Waals surface area (Å²) >= 11 is 0. The van der Waals surface area contributed by atoms with Crippen molar-refractivity contribution in [3.8, 4) is 0 Å². The quantitative estimate of drug-likeness (QED) is 0.894. The Bertz CT molecular complexity index is 524. The molecule has 4 nitrogen and oxygen atoms in total. The highest BCUT2D eigenvalue weighted by molar-refractivity contribution is 5.72. The van der Waals surface area contributed by atoms with Crippen molar-refractivity contribution < 1.29 is 17.9 Å². The lowest BCUT2D eigenvalue weighted by Crippen LogP contribution is -2.38. The van der Waals surface area contributed by atoms with Crippen molar-refractivity contribution in [2.45, 2.75) is 25.1 Å². The summed E-state index contributed by atoms with van der Waals surface area (Å²) in [5, 5.41) is 6.73. The first kappa shape index (κ1) is 16.4. The maximum absolute atomic E-state index is 13.1. The van der Waals surface area contributed by atoms with Crippen LogP contribution in [0.15, 0.2) is 18.2 Å². The van der Waals surface area contributed by atoms with Crippen LogP contribution in [0, 0.1) is 0 Å². The Labute approximate surface area is 134 Å². The monoisotopic (exact) mass is 329 g/mol. The van der Waals surface area contributed by atoms with Gasteiger partial charge in [0, 0.05) is 19.1 Å². The molecule has 0 unspecified atom stereocenters. The Morgan fingerprint density at radius 2 is 1.83 bits per heavy atom. The number of ether oxygens (including phenoxy) is 1. The fourth-order valence-electron chi connectivity index (χ4n) is 3.08. The molecule has 0 atom stereocenters. The molecule has 0 spiro atoms. The third kappa shape index (κ3) is 4.09. The first-order chi connectivity index (χ1) is 11.0. The Kier molecular flexibility index (Phi) is 4.96. The summed E-state index contributed by atoms with van der Waals surface area (Å²) < 4.78 is 44.5. The van der Waals surface area contributed by atoms with Crippen LogP contribution in [0.25, 0.3) is 0 Å². The maximum Gasteiger partial charge on any atom is 0.416 e. The number of nitrogens with one attached hydrogen (secondary N) is 2. The van der Waals surface area contributed by atoms with Crippen molar-refractivity contribution in [1.82, 2.24) is 5.32 Å². The highest BCUT2D eigenvalue weighted by Gasteiger charge is 2.32. The van der Waals surface area contributed by atoms with E-state index >= 15 is 0 Å². The first-order valence-corrected chi connectivity index (χ1v) is 8.05. The molecule has 23 heavy (non-hydrogen) atoms. The highest BCUT2D eigenvalue weighted by atomic mass is 19.4. The first-order valence-electron chi connectivity index (χ1n) is 8.05. The Balaban J connectivity index is 1.86. The minimum atomic E-state index is -4.33. The average molecular weight is 329 g/mol. The van der Waals surface area contributed by atoms with E-state index in [9.17, 15) is 13.2 Å². The molecule has 1 aromatic rings. The number of morpholine rings is 1. The minimum Gasteiger partial charge on any atom is -0.381 e. The molecule has 2 saturated heterocycles. The molecule has 0 radical (unpaired) electrons. The van der Waals surface area contributed by atoms with Gasteiger partial charge in [0.25, 0.3) is 0 Å². The van der Waals surface area contributed by atoms with Gasteiger partial charge in [-0.3, -0.25) is 0 Å². The fourth-order valence-corrected chi connectivity index (χ4v) is 3.08. The van der Waals surface area contributed by atoms with Crippen LogP contribution in [0.4, 0.5) is 24.5 Å². The predicted molar refractivity (Wildman–Crippen MR) is 84.0 cm³/mol. The van der Waals surface area contributed by atoms with Gasteiger partial charge in [-0.1, -0.05) is 0 Å². The normalized spacial score (nSPS) is 20.6. The lowest BCUT2D eigenvalue weighted by molar-refractivity contribution is -0.137. The summed E-state index contributed by atoms with van der Waals surface area (Å²) in [5.41, 5.74) is 0.809. The van der Waals surface area contributed by atoms with E-state index in [1.807, 2.05) is 4.90 Å². The topological polar surface area (TPSA) is 36.5 Å². The molecule has 0 aliphatic carbocycles. The SMILES string of the molecule is FC(F)(F)c1ccc(NC2CCNCC2)c(N2CCOCC2)c1. The number of nitrogens with zero attached hydrogens (tertiary/aromatic N) is 1. The predicted octanol–water partition coefficient (Wildman–Crippen LogP) is 2.71. The van der Waals surface area contributed by atoms with Crippen molar-refractivity contribution in [2.24, 2.45) is 0 Å². The van der Waals surface area contributed by atoms with Crippen molar-refractivity contribution in [2.75, 3.05) is 49.6 Å². The molecule has 7 heteroatoms. The Morgan fingerprint density at radius 1 is 1.13 bits per heavy atom. The minimum absolute atomic E-state index is 0.299. The Hall–Kier alpha value is -1.47. The number of anilines is 2. The zero-order chi connectivity index (χ0) is 16.3. The van der Waals surface area contributed by atoms with Gasteiger partial charge in [-0.25, -0.2) is 0 Å². The lowest BCUT2D eigenvalue weighted by Gasteiger charge is -2.33. The van der Waals surface area contributed by atoms with Crippen LogP contribution >= 0.6 is 0 Å². The Morgan fingerprint density at radius 3 is 2.48 bits per heavy atom. The van der Waals surface area contributed by atoms with Crippen LogP contribution in [-0.4, -0.2) is 45.4 Å². The molecule has 2 heterocycles. The number of hydrogen-bond acceptors (Lipinski definition) is 4. The number of benzene rings is 1. The van der Waals surface area contributed by atoms with E-state index in [-0.39, 0.29) is 0 Å². The van der Waals surface area contributed by atoms with Crippen LogP contribution in [0.3, 0.4) is 0 Å². The van der Waals surface area contributed by atoms with Crippen molar-refractivity contribution >= 4 is 11.4 Å². The van der Waals surface area contributed by atoms with Gasteiger partial charge in [-0.05, 0) is 44.1 Å². The number of rotatable bonds is 3. The summed E-state index contributed by atoms with van der Waals surface area (Å²) in [6.45, 7) is 4.19. The molecular weight excluding hydrogens is 307 g/mol. The molecular formula is C16H22F3N3O. The molecule has 128 valence electrons. The zero-order valence-corrected chi connectivity index (χ0v) is 13.0. The van der Waals surface area contributed by atoms with E-state index in [2.05, 4.69) is 10.6 Å². The second-order valence-electron chi connectivity index (χ2n) is 6.00. The molecule has 2 fully saturated rings. The van der Waals surface area contributed by atoms with Crippen molar-refractivity contribution in [3.63, 3.8) is 0 Å². The van der Waals surface area contributed by atoms with Gasteiger partial charge < -0.3 is 20.3 Å². The molecule has 1 aromatic carbocycles. The maximum atomic E-state index is 13.1. The number of piperidine rings is 1. The molecule has 2 N–H and O–H groups in total. The third-order valence-electron chi connectivity index (χ3n) is 4.38. The average Bonchev–Trinajstić information content (AvgIpc) is 2.56. The summed E-state index contributed by atoms with van der Waals surface area (Å²) in [4.78, 5) is 1.97. The van der Waals surface area contributed by atoms with Gasteiger partial charge in [0.15, 0.2) is 0 Å². The van der Waals surface area contributed by atoms with E-state index < -0.39 is 11.7 Å². The summed E-state index contributed by atoms with van der Waals surface area (Å²) in [7, 11) is 0. The van der Waals surface area contributed by atoms with Crippen molar-refractivity contribution in [3.05, 3.63) is 23.8 Å². The van der Waals surface area contributed by atoms with E-state index in [1.54, 1.807) is 6.07 Å². The second kappa shape index (κ2) is 6.97. The van der Waals surface area contributed by atoms with Crippen molar-refractivity contribution in [1.29, 1.82) is 0 Å². The van der Waals surface area contributed by atoms with Crippen LogP contribution in [0.1, 0.15) is 18.4 Å². The standard InChI is InChI=1S/C16H22F3N3O/c17-16(18,19)12-1-2-14(21-13-3-5-20-6-4-13)15(11-12)22-7-9-23-10-8-22/h1-2,11,13,20-21H,3-10H2. The summed E-state index contributed by atoms with van der Waals surface area (Å²) in [6.07, 6.45) is -2.37. The van der Waals surface area contributed by atoms with Gasteiger partial charge in [0.05, 0.1) is 30.2 Å². The highest BCUT2D eigenvalue weighted by Crippen LogP contribution is 2.36. The molecule has 2 aliphatic heterocycles. The summed E-state index contributed by atoms with van der Waals surface area (Å²) in [6, 6.07) is 4.28. The molecule has 3 rings (SSSR count). The van der Waals surface area contributed by atoms with Crippen LogP contribution < -0.4 is 15.5 Å². The largest absolute Gasteiger partial charge is 0.416 e. The van der Waals surface area contributed by atoms with Crippen LogP contribution in [0.5, 0.6) is 0 Å². The lowest BCUT2D eigenvalue weighted by atomic mass is 10.0. The number of hydrogen-bond donors (Lipinski definition) is 2. The molecule has 0 bridgehead atoms. The van der Waals surface area contributed by atoms with E-state index in [1.165, 1.54) is 6.07 Å². The number of halogens is 3. The van der Waals surface area contributed by atoms with Crippen LogP contribution in [0.2, 0.25) is 0 Å². The molecule has 0 saturated carbocycles. The molecule has 0 aromatic heterocycles. The van der Waals surface area contributed by atoms with Gasteiger partial charge in [0.1, 0.15) is 0 Å². The van der Waals surface area contributed by atoms with Gasteiger partial charge in [0.2, 0.25) is 0 Å². The second-order valence-corrected chi connectivity index (χ2v) is 6.00. The van der Waals surface area contributed by atoms with Gasteiger partial charge in [-0.15, -0.1) is 0 Å². The third-order valence-corrected chi connectivity index (χ3v) is 4.38. The number of alkyl halides is 3. The summed E-state index contributed by atoms with van der Waals surface area (Å²) in [5.74, 6) is 0. The van der Waals surface area contributed by atoms with E-state index in [4.69, 9.17) is 4.74 Å². The smallest absolute Gasteiger partial charge is 0.381 e. The van der Waals surface area contributed by atoms with E-state index in [0.29, 0.717) is 38.0 Å². The molecule has 2 aliphatic rings.